The molecule has 0 fully saturated rings. The van der Waals surface area contributed by atoms with Crippen molar-refractivity contribution in [3.63, 3.8) is 0 Å². The highest BCUT2D eigenvalue weighted by molar-refractivity contribution is 5.85. The lowest BCUT2D eigenvalue weighted by Crippen LogP contribution is -2.10. The summed E-state index contributed by atoms with van der Waals surface area (Å²) in [5.41, 5.74) is 5.34. The Morgan fingerprint density at radius 1 is 1.38 bits per heavy atom. The summed E-state index contributed by atoms with van der Waals surface area (Å²) in [5, 5.41) is 4.22. The molecular weight excluding hydrogens is 226 g/mol. The second-order valence-corrected chi connectivity index (χ2v) is 3.64. The van der Waals surface area contributed by atoms with Crippen LogP contribution in [0.3, 0.4) is 0 Å². The molecular formula is C11H22ClN3O. The van der Waals surface area contributed by atoms with Gasteiger partial charge in [0.05, 0.1) is 12.4 Å². The van der Waals surface area contributed by atoms with Crippen LogP contribution in [0.15, 0.2) is 12.4 Å². The Balaban J connectivity index is 0.00000225. The van der Waals surface area contributed by atoms with E-state index in [-0.39, 0.29) is 12.4 Å². The minimum atomic E-state index is 0. The van der Waals surface area contributed by atoms with Crippen LogP contribution >= 0.6 is 12.4 Å². The van der Waals surface area contributed by atoms with Crippen LogP contribution in [-0.4, -0.2) is 22.9 Å². The van der Waals surface area contributed by atoms with Crippen LogP contribution in [0.2, 0.25) is 0 Å². The molecule has 0 atom stereocenters. The fourth-order valence-corrected chi connectivity index (χ4v) is 1.42. The molecule has 0 saturated heterocycles. The maximum atomic E-state index is 5.35. The van der Waals surface area contributed by atoms with E-state index in [0.29, 0.717) is 13.2 Å². The quantitative estimate of drug-likeness (QED) is 0.717. The van der Waals surface area contributed by atoms with Gasteiger partial charge >= 0.3 is 0 Å². The minimum absolute atomic E-state index is 0. The van der Waals surface area contributed by atoms with Gasteiger partial charge in [-0.25, -0.2) is 0 Å². The third-order valence-corrected chi connectivity index (χ3v) is 2.24. The molecule has 0 aliphatic heterocycles. The second kappa shape index (κ2) is 9.48. The fourth-order valence-electron chi connectivity index (χ4n) is 1.42. The van der Waals surface area contributed by atoms with E-state index >= 15 is 0 Å². The van der Waals surface area contributed by atoms with Gasteiger partial charge in [-0.05, 0) is 6.42 Å². The van der Waals surface area contributed by atoms with Crippen LogP contribution in [0.4, 0.5) is 0 Å². The monoisotopic (exact) mass is 247 g/mol. The summed E-state index contributed by atoms with van der Waals surface area (Å²) in [6.07, 6.45) is 8.71. The molecule has 0 aromatic carbocycles. The van der Waals surface area contributed by atoms with Crippen molar-refractivity contribution >= 4 is 12.4 Å². The van der Waals surface area contributed by atoms with Gasteiger partial charge in [0, 0.05) is 13.1 Å². The van der Waals surface area contributed by atoms with Crippen LogP contribution in [0.1, 0.15) is 32.6 Å². The number of halogens is 1. The highest BCUT2D eigenvalue weighted by Crippen LogP contribution is 2.09. The lowest BCUT2D eigenvalue weighted by Gasteiger charge is -2.01. The van der Waals surface area contributed by atoms with E-state index in [1.807, 2.05) is 10.9 Å². The Morgan fingerprint density at radius 3 is 2.88 bits per heavy atom. The van der Waals surface area contributed by atoms with Gasteiger partial charge in [0.15, 0.2) is 5.75 Å². The number of aryl methyl sites for hydroxylation is 1. The SMILES string of the molecule is CCCCCCn1cc(OCCN)cn1.Cl. The predicted octanol–water partition coefficient (Wildman–Crippen LogP) is 2.22. The van der Waals surface area contributed by atoms with Crippen molar-refractivity contribution in [2.24, 2.45) is 5.73 Å². The van der Waals surface area contributed by atoms with Crippen LogP contribution in [-0.2, 0) is 6.54 Å². The molecule has 0 unspecified atom stereocenters. The van der Waals surface area contributed by atoms with Gasteiger partial charge in [0.1, 0.15) is 6.61 Å². The van der Waals surface area contributed by atoms with Crippen LogP contribution in [0, 0.1) is 0 Å². The number of nitrogens with zero attached hydrogens (tertiary/aromatic N) is 2. The van der Waals surface area contributed by atoms with Crippen molar-refractivity contribution in [1.29, 1.82) is 0 Å². The average Bonchev–Trinajstić information content (AvgIpc) is 2.69. The lowest BCUT2D eigenvalue weighted by atomic mass is 10.2. The smallest absolute Gasteiger partial charge is 0.157 e. The number of nitrogens with two attached hydrogens (primary N) is 1. The number of hydrogen-bond donors (Lipinski definition) is 1. The summed E-state index contributed by atoms with van der Waals surface area (Å²) in [6.45, 7) is 4.29. The zero-order valence-corrected chi connectivity index (χ0v) is 10.7. The highest BCUT2D eigenvalue weighted by Gasteiger charge is 1.98. The first-order chi connectivity index (χ1) is 7.36. The summed E-state index contributed by atoms with van der Waals surface area (Å²) < 4.78 is 7.29. The third-order valence-electron chi connectivity index (χ3n) is 2.24. The normalized spacial score (nSPS) is 9.88. The average molecular weight is 248 g/mol. The van der Waals surface area contributed by atoms with E-state index in [4.69, 9.17) is 10.5 Å². The van der Waals surface area contributed by atoms with Crippen molar-refractivity contribution in [2.75, 3.05) is 13.2 Å². The summed E-state index contributed by atoms with van der Waals surface area (Å²) >= 11 is 0. The molecule has 4 nitrogen and oxygen atoms in total. The van der Waals surface area contributed by atoms with Gasteiger partial charge in [0.2, 0.25) is 0 Å². The summed E-state index contributed by atoms with van der Waals surface area (Å²) in [7, 11) is 0. The molecule has 5 heteroatoms. The number of aromatic nitrogens is 2. The van der Waals surface area contributed by atoms with E-state index in [9.17, 15) is 0 Å². The minimum Gasteiger partial charge on any atom is -0.489 e. The van der Waals surface area contributed by atoms with Gasteiger partial charge in [-0.15, -0.1) is 12.4 Å². The molecule has 1 heterocycles. The zero-order valence-electron chi connectivity index (χ0n) is 9.89. The largest absolute Gasteiger partial charge is 0.489 e. The third kappa shape index (κ3) is 5.98. The maximum absolute atomic E-state index is 5.35. The first-order valence-corrected chi connectivity index (χ1v) is 5.72. The second-order valence-electron chi connectivity index (χ2n) is 3.64. The predicted molar refractivity (Wildman–Crippen MR) is 68.2 cm³/mol. The Kier molecular flexibility index (Phi) is 9.04. The molecule has 0 amide bonds. The molecule has 94 valence electrons. The number of rotatable bonds is 8. The van der Waals surface area contributed by atoms with Crippen molar-refractivity contribution in [3.8, 4) is 5.75 Å². The van der Waals surface area contributed by atoms with Gasteiger partial charge in [-0.3, -0.25) is 4.68 Å². The van der Waals surface area contributed by atoms with E-state index < -0.39 is 0 Å². The Hall–Kier alpha value is -0.740. The molecule has 1 aromatic rings. The van der Waals surface area contributed by atoms with E-state index in [1.165, 1.54) is 25.7 Å². The zero-order chi connectivity index (χ0) is 10.9. The standard InChI is InChI=1S/C11H21N3O.ClH/c1-2-3-4-5-7-14-10-11(9-13-14)15-8-6-12;/h9-10H,2-8,12H2,1H3;1H. The van der Waals surface area contributed by atoms with E-state index in [1.54, 1.807) is 6.20 Å². The van der Waals surface area contributed by atoms with Gasteiger partial charge < -0.3 is 10.5 Å². The van der Waals surface area contributed by atoms with Gasteiger partial charge in [0.25, 0.3) is 0 Å². The van der Waals surface area contributed by atoms with Crippen molar-refractivity contribution in [3.05, 3.63) is 12.4 Å². The van der Waals surface area contributed by atoms with Crippen LogP contribution in [0.5, 0.6) is 5.75 Å². The molecule has 1 rings (SSSR count). The Morgan fingerprint density at radius 2 is 2.19 bits per heavy atom. The lowest BCUT2D eigenvalue weighted by molar-refractivity contribution is 0.327. The van der Waals surface area contributed by atoms with Crippen LogP contribution < -0.4 is 10.5 Å². The van der Waals surface area contributed by atoms with Crippen molar-refractivity contribution in [1.82, 2.24) is 9.78 Å². The summed E-state index contributed by atoms with van der Waals surface area (Å²) in [6, 6.07) is 0. The van der Waals surface area contributed by atoms with E-state index in [0.717, 1.165) is 12.3 Å². The fraction of sp³-hybridized carbons (Fsp3) is 0.727. The molecule has 0 saturated carbocycles. The molecule has 2 N–H and O–H groups in total. The molecule has 0 bridgehead atoms. The molecule has 0 spiro atoms. The van der Waals surface area contributed by atoms with Crippen LogP contribution in [0.25, 0.3) is 0 Å². The molecule has 0 aliphatic carbocycles. The first-order valence-electron chi connectivity index (χ1n) is 5.72. The summed E-state index contributed by atoms with van der Waals surface area (Å²) in [4.78, 5) is 0. The van der Waals surface area contributed by atoms with Gasteiger partial charge in [-0.1, -0.05) is 26.2 Å². The first kappa shape index (κ1) is 15.3. The van der Waals surface area contributed by atoms with E-state index in [2.05, 4.69) is 12.0 Å². The van der Waals surface area contributed by atoms with Crippen molar-refractivity contribution in [2.45, 2.75) is 39.2 Å². The molecule has 0 radical (unpaired) electrons. The highest BCUT2D eigenvalue weighted by atomic mass is 35.5. The number of unbranched alkanes of at least 4 members (excludes halogenated alkanes) is 3. The van der Waals surface area contributed by atoms with Crippen molar-refractivity contribution < 1.29 is 4.74 Å². The van der Waals surface area contributed by atoms with Gasteiger partial charge in [-0.2, -0.15) is 5.10 Å². The topological polar surface area (TPSA) is 53.1 Å². The maximum Gasteiger partial charge on any atom is 0.157 e. The molecule has 16 heavy (non-hydrogen) atoms. The number of hydrogen-bond acceptors (Lipinski definition) is 3. The number of ether oxygens (including phenoxy) is 1. The molecule has 0 aliphatic rings. The Labute approximate surface area is 104 Å². The Bertz CT molecular complexity index is 265. The summed E-state index contributed by atoms with van der Waals surface area (Å²) in [5.74, 6) is 0.816. The molecule has 1 aromatic heterocycles.